The molecule has 0 bridgehead atoms. The van der Waals surface area contributed by atoms with Crippen molar-refractivity contribution in [3.05, 3.63) is 35.6 Å². The number of hydrogen-bond donors (Lipinski definition) is 2. The van der Waals surface area contributed by atoms with E-state index in [-0.39, 0.29) is 11.4 Å². The van der Waals surface area contributed by atoms with E-state index in [1.54, 1.807) is 12.1 Å². The molecule has 0 saturated heterocycles. The molecule has 2 N–H and O–H groups in total. The molecule has 0 aromatic heterocycles. The number of likely N-dealkylation sites (N-methyl/N-ethyl adjacent to an activating group) is 1. The van der Waals surface area contributed by atoms with Crippen molar-refractivity contribution in [3.8, 4) is 0 Å². The van der Waals surface area contributed by atoms with Crippen LogP contribution < -0.4 is 10.6 Å². The number of halogens is 1. The van der Waals surface area contributed by atoms with E-state index in [0.29, 0.717) is 0 Å². The fourth-order valence-corrected chi connectivity index (χ4v) is 1.45. The summed E-state index contributed by atoms with van der Waals surface area (Å²) in [5, 5.41) is 6.54. The van der Waals surface area contributed by atoms with Gasteiger partial charge in [-0.25, -0.2) is 4.39 Å². The van der Waals surface area contributed by atoms with Crippen LogP contribution in [-0.2, 0) is 6.54 Å². The predicted octanol–water partition coefficient (Wildman–Crippen LogP) is 1.91. The van der Waals surface area contributed by atoms with Gasteiger partial charge in [-0.15, -0.1) is 0 Å². The van der Waals surface area contributed by atoms with Crippen LogP contribution in [-0.4, -0.2) is 19.1 Å². The summed E-state index contributed by atoms with van der Waals surface area (Å²) in [6.45, 7) is 5.92. The maximum atomic E-state index is 12.7. The minimum absolute atomic E-state index is 0.0448. The van der Waals surface area contributed by atoms with E-state index in [1.165, 1.54) is 12.1 Å². The second-order valence-corrected chi connectivity index (χ2v) is 4.39. The van der Waals surface area contributed by atoms with Gasteiger partial charge in [-0.2, -0.15) is 0 Å². The van der Waals surface area contributed by atoms with Crippen LogP contribution in [0.15, 0.2) is 24.3 Å². The molecule has 1 aromatic rings. The Morgan fingerprint density at radius 1 is 1.20 bits per heavy atom. The molecule has 3 heteroatoms. The second-order valence-electron chi connectivity index (χ2n) is 4.39. The molecule has 0 heterocycles. The summed E-state index contributed by atoms with van der Waals surface area (Å²) in [6, 6.07) is 6.58. The van der Waals surface area contributed by atoms with Crippen LogP contribution in [0.25, 0.3) is 0 Å². The lowest BCUT2D eigenvalue weighted by Crippen LogP contribution is -2.46. The van der Waals surface area contributed by atoms with Crippen LogP contribution in [0.2, 0.25) is 0 Å². The summed E-state index contributed by atoms with van der Waals surface area (Å²) < 4.78 is 12.7. The zero-order valence-electron chi connectivity index (χ0n) is 9.60. The summed E-state index contributed by atoms with van der Waals surface area (Å²) >= 11 is 0. The maximum Gasteiger partial charge on any atom is 0.123 e. The Morgan fingerprint density at radius 3 is 2.33 bits per heavy atom. The standard InChI is InChI=1S/C12H19FN2/c1-12(2,9-14-3)15-8-10-4-6-11(13)7-5-10/h4-7,14-15H,8-9H2,1-3H3. The molecule has 2 nitrogen and oxygen atoms in total. The van der Waals surface area contributed by atoms with E-state index in [9.17, 15) is 4.39 Å². The molecule has 0 amide bonds. The number of benzene rings is 1. The normalized spacial score (nSPS) is 11.7. The first-order chi connectivity index (χ1) is 7.03. The third-order valence-electron chi connectivity index (χ3n) is 2.30. The summed E-state index contributed by atoms with van der Waals surface area (Å²) in [5.41, 5.74) is 1.14. The van der Waals surface area contributed by atoms with Crippen LogP contribution in [0.3, 0.4) is 0 Å². The van der Waals surface area contributed by atoms with Gasteiger partial charge in [0.2, 0.25) is 0 Å². The van der Waals surface area contributed by atoms with Crippen molar-refractivity contribution >= 4 is 0 Å². The first-order valence-corrected chi connectivity index (χ1v) is 5.17. The minimum atomic E-state index is -0.187. The first-order valence-electron chi connectivity index (χ1n) is 5.17. The molecule has 84 valence electrons. The predicted molar refractivity (Wildman–Crippen MR) is 61.2 cm³/mol. The smallest absolute Gasteiger partial charge is 0.123 e. The van der Waals surface area contributed by atoms with E-state index >= 15 is 0 Å². The second kappa shape index (κ2) is 5.24. The lowest BCUT2D eigenvalue weighted by Gasteiger charge is -2.26. The van der Waals surface area contributed by atoms with Gasteiger partial charge in [0.1, 0.15) is 5.82 Å². The molecular weight excluding hydrogens is 191 g/mol. The van der Waals surface area contributed by atoms with Crippen molar-refractivity contribution in [1.29, 1.82) is 0 Å². The highest BCUT2D eigenvalue weighted by molar-refractivity contribution is 5.16. The van der Waals surface area contributed by atoms with Gasteiger partial charge in [0.05, 0.1) is 0 Å². The van der Waals surface area contributed by atoms with Gasteiger partial charge >= 0.3 is 0 Å². The highest BCUT2D eigenvalue weighted by Crippen LogP contribution is 2.05. The molecule has 0 aliphatic carbocycles. The van der Waals surface area contributed by atoms with Gasteiger partial charge in [0.15, 0.2) is 0 Å². The number of hydrogen-bond acceptors (Lipinski definition) is 2. The Bertz CT molecular complexity index is 293. The Balaban J connectivity index is 2.46. The summed E-state index contributed by atoms with van der Waals surface area (Å²) in [5.74, 6) is -0.187. The molecule has 1 aromatic carbocycles. The van der Waals surface area contributed by atoms with Gasteiger partial charge < -0.3 is 10.6 Å². The molecule has 0 saturated carbocycles. The van der Waals surface area contributed by atoms with Crippen LogP contribution in [0.5, 0.6) is 0 Å². The largest absolute Gasteiger partial charge is 0.318 e. The average Bonchev–Trinajstić information content (AvgIpc) is 2.17. The zero-order chi connectivity index (χ0) is 11.3. The topological polar surface area (TPSA) is 24.1 Å². The zero-order valence-corrected chi connectivity index (χ0v) is 9.60. The first kappa shape index (κ1) is 12.1. The molecular formula is C12H19FN2. The van der Waals surface area contributed by atoms with Gasteiger partial charge in [-0.1, -0.05) is 12.1 Å². The average molecular weight is 210 g/mol. The molecule has 0 radical (unpaired) electrons. The fourth-order valence-electron chi connectivity index (χ4n) is 1.45. The summed E-state index contributed by atoms with van der Waals surface area (Å²) in [6.07, 6.45) is 0. The van der Waals surface area contributed by atoms with Crippen LogP contribution in [0, 0.1) is 5.82 Å². The highest BCUT2D eigenvalue weighted by atomic mass is 19.1. The minimum Gasteiger partial charge on any atom is -0.318 e. The quantitative estimate of drug-likeness (QED) is 0.775. The monoisotopic (exact) mass is 210 g/mol. The Morgan fingerprint density at radius 2 is 1.80 bits per heavy atom. The van der Waals surface area contributed by atoms with E-state index in [0.717, 1.165) is 18.7 Å². The third kappa shape index (κ3) is 4.40. The summed E-state index contributed by atoms with van der Waals surface area (Å²) in [7, 11) is 1.93. The Labute approximate surface area is 90.9 Å². The molecule has 0 unspecified atom stereocenters. The lowest BCUT2D eigenvalue weighted by atomic mass is 10.1. The van der Waals surface area contributed by atoms with Crippen LogP contribution in [0.1, 0.15) is 19.4 Å². The van der Waals surface area contributed by atoms with E-state index in [2.05, 4.69) is 24.5 Å². The Kier molecular flexibility index (Phi) is 4.24. The van der Waals surface area contributed by atoms with Crippen molar-refractivity contribution in [2.24, 2.45) is 0 Å². The molecule has 1 rings (SSSR count). The van der Waals surface area contributed by atoms with Crippen LogP contribution >= 0.6 is 0 Å². The molecule has 0 fully saturated rings. The van der Waals surface area contributed by atoms with Crippen LogP contribution in [0.4, 0.5) is 4.39 Å². The Hall–Kier alpha value is -0.930. The SMILES string of the molecule is CNCC(C)(C)NCc1ccc(F)cc1. The van der Waals surface area contributed by atoms with Gasteiger partial charge in [0, 0.05) is 18.6 Å². The summed E-state index contributed by atoms with van der Waals surface area (Å²) in [4.78, 5) is 0. The highest BCUT2D eigenvalue weighted by Gasteiger charge is 2.14. The van der Waals surface area contributed by atoms with Crippen molar-refractivity contribution < 1.29 is 4.39 Å². The molecule has 0 aliphatic heterocycles. The van der Waals surface area contributed by atoms with Crippen molar-refractivity contribution in [3.63, 3.8) is 0 Å². The lowest BCUT2D eigenvalue weighted by molar-refractivity contribution is 0.374. The van der Waals surface area contributed by atoms with Crippen molar-refractivity contribution in [2.75, 3.05) is 13.6 Å². The fraction of sp³-hybridized carbons (Fsp3) is 0.500. The maximum absolute atomic E-state index is 12.7. The number of nitrogens with one attached hydrogen (secondary N) is 2. The van der Waals surface area contributed by atoms with Crippen molar-refractivity contribution in [1.82, 2.24) is 10.6 Å². The molecule has 0 aliphatic rings. The molecule has 15 heavy (non-hydrogen) atoms. The van der Waals surface area contributed by atoms with E-state index < -0.39 is 0 Å². The molecule has 0 atom stereocenters. The van der Waals surface area contributed by atoms with Gasteiger partial charge in [0.25, 0.3) is 0 Å². The van der Waals surface area contributed by atoms with Gasteiger partial charge in [-0.3, -0.25) is 0 Å². The van der Waals surface area contributed by atoms with Crippen molar-refractivity contribution in [2.45, 2.75) is 25.9 Å². The third-order valence-corrected chi connectivity index (χ3v) is 2.30. The molecule has 0 spiro atoms. The van der Waals surface area contributed by atoms with E-state index in [1.807, 2.05) is 7.05 Å². The van der Waals surface area contributed by atoms with E-state index in [4.69, 9.17) is 0 Å². The van der Waals surface area contributed by atoms with Gasteiger partial charge in [-0.05, 0) is 38.6 Å². The number of rotatable bonds is 5.